The van der Waals surface area contributed by atoms with Crippen LogP contribution in [0.5, 0.6) is 5.75 Å². The molecule has 1 rings (SSSR count). The van der Waals surface area contributed by atoms with Gasteiger partial charge in [-0.15, -0.1) is 0 Å². The van der Waals surface area contributed by atoms with Crippen molar-refractivity contribution >= 4 is 11.6 Å². The van der Waals surface area contributed by atoms with Crippen LogP contribution in [0.4, 0.5) is 0 Å². The number of methoxy groups -OCH3 is 1. The Bertz CT molecular complexity index is 339. The predicted molar refractivity (Wildman–Crippen MR) is 69.1 cm³/mol. The van der Waals surface area contributed by atoms with Crippen LogP contribution in [0.15, 0.2) is 18.2 Å². The first kappa shape index (κ1) is 13.3. The van der Waals surface area contributed by atoms with E-state index in [0.717, 1.165) is 22.8 Å². The third-order valence-electron chi connectivity index (χ3n) is 2.97. The first-order chi connectivity index (χ1) is 7.58. The molecule has 0 aliphatic carbocycles. The van der Waals surface area contributed by atoms with Crippen molar-refractivity contribution in [2.24, 2.45) is 17.6 Å². The van der Waals surface area contributed by atoms with E-state index in [2.05, 4.69) is 13.8 Å². The van der Waals surface area contributed by atoms with Crippen LogP contribution in [0.25, 0.3) is 0 Å². The van der Waals surface area contributed by atoms with Crippen LogP contribution >= 0.6 is 11.6 Å². The highest BCUT2D eigenvalue weighted by Crippen LogP contribution is 2.27. The van der Waals surface area contributed by atoms with Crippen molar-refractivity contribution in [2.45, 2.75) is 20.3 Å². The van der Waals surface area contributed by atoms with E-state index in [1.807, 2.05) is 18.2 Å². The molecule has 1 unspecified atom stereocenters. The quantitative estimate of drug-likeness (QED) is 0.860. The molecule has 2 N–H and O–H groups in total. The standard InChI is InChI=1S/C13H20ClNO/c1-9(2)11(8-15)6-10-7-12(14)4-5-13(10)16-3/h4-5,7,9,11H,6,8,15H2,1-3H3. The minimum absolute atomic E-state index is 0.465. The second-order valence-corrected chi connectivity index (χ2v) is 4.84. The van der Waals surface area contributed by atoms with E-state index in [1.54, 1.807) is 7.11 Å². The lowest BCUT2D eigenvalue weighted by Crippen LogP contribution is -2.22. The lowest BCUT2D eigenvalue weighted by molar-refractivity contribution is 0.373. The van der Waals surface area contributed by atoms with Crippen molar-refractivity contribution in [3.8, 4) is 5.75 Å². The van der Waals surface area contributed by atoms with Gasteiger partial charge >= 0.3 is 0 Å². The van der Waals surface area contributed by atoms with Gasteiger partial charge in [-0.05, 0) is 48.6 Å². The maximum absolute atomic E-state index is 5.99. The average molecular weight is 242 g/mol. The first-order valence-corrected chi connectivity index (χ1v) is 5.98. The molecule has 0 spiro atoms. The summed E-state index contributed by atoms with van der Waals surface area (Å²) >= 11 is 5.99. The number of hydrogen-bond acceptors (Lipinski definition) is 2. The maximum Gasteiger partial charge on any atom is 0.122 e. The Morgan fingerprint density at radius 2 is 2.06 bits per heavy atom. The van der Waals surface area contributed by atoms with Crippen LogP contribution in [-0.4, -0.2) is 13.7 Å². The predicted octanol–water partition coefficient (Wildman–Crippen LogP) is 3.12. The molecule has 0 saturated carbocycles. The van der Waals surface area contributed by atoms with Crippen molar-refractivity contribution in [2.75, 3.05) is 13.7 Å². The Balaban J connectivity index is 2.89. The van der Waals surface area contributed by atoms with Gasteiger partial charge in [-0.3, -0.25) is 0 Å². The summed E-state index contributed by atoms with van der Waals surface area (Å²) in [5.41, 5.74) is 6.92. The van der Waals surface area contributed by atoms with Gasteiger partial charge in [0.15, 0.2) is 0 Å². The fourth-order valence-electron chi connectivity index (χ4n) is 1.78. The van der Waals surface area contributed by atoms with E-state index in [1.165, 1.54) is 0 Å². The summed E-state index contributed by atoms with van der Waals surface area (Å²) in [6, 6.07) is 5.72. The minimum Gasteiger partial charge on any atom is -0.496 e. The zero-order chi connectivity index (χ0) is 12.1. The molecular weight excluding hydrogens is 222 g/mol. The lowest BCUT2D eigenvalue weighted by atomic mass is 9.89. The molecule has 0 bridgehead atoms. The van der Waals surface area contributed by atoms with Gasteiger partial charge in [-0.25, -0.2) is 0 Å². The van der Waals surface area contributed by atoms with Gasteiger partial charge in [-0.1, -0.05) is 25.4 Å². The Kier molecular flexibility index (Phi) is 5.10. The van der Waals surface area contributed by atoms with E-state index in [4.69, 9.17) is 22.1 Å². The fraction of sp³-hybridized carbons (Fsp3) is 0.538. The van der Waals surface area contributed by atoms with E-state index < -0.39 is 0 Å². The number of ether oxygens (including phenoxy) is 1. The van der Waals surface area contributed by atoms with Crippen LogP contribution in [0, 0.1) is 11.8 Å². The van der Waals surface area contributed by atoms with Crippen LogP contribution in [0.1, 0.15) is 19.4 Å². The number of rotatable bonds is 5. The van der Waals surface area contributed by atoms with Crippen molar-refractivity contribution in [3.05, 3.63) is 28.8 Å². The zero-order valence-corrected chi connectivity index (χ0v) is 10.9. The molecule has 1 atom stereocenters. The second-order valence-electron chi connectivity index (χ2n) is 4.40. The third-order valence-corrected chi connectivity index (χ3v) is 3.21. The number of nitrogens with two attached hydrogens (primary N) is 1. The molecule has 3 heteroatoms. The minimum atomic E-state index is 0.465. The van der Waals surface area contributed by atoms with Gasteiger partial charge in [0.1, 0.15) is 5.75 Å². The molecule has 0 amide bonds. The van der Waals surface area contributed by atoms with Crippen molar-refractivity contribution in [3.63, 3.8) is 0 Å². The number of halogens is 1. The van der Waals surface area contributed by atoms with Crippen LogP contribution in [-0.2, 0) is 6.42 Å². The molecule has 2 nitrogen and oxygen atoms in total. The van der Waals surface area contributed by atoms with E-state index >= 15 is 0 Å². The second kappa shape index (κ2) is 6.12. The molecule has 16 heavy (non-hydrogen) atoms. The smallest absolute Gasteiger partial charge is 0.122 e. The summed E-state index contributed by atoms with van der Waals surface area (Å²) in [5.74, 6) is 1.92. The van der Waals surface area contributed by atoms with Crippen molar-refractivity contribution < 1.29 is 4.74 Å². The molecule has 0 fully saturated rings. The molecule has 0 aliphatic heterocycles. The zero-order valence-electron chi connectivity index (χ0n) is 10.2. The molecule has 90 valence electrons. The maximum atomic E-state index is 5.99. The monoisotopic (exact) mass is 241 g/mol. The SMILES string of the molecule is COc1ccc(Cl)cc1CC(CN)C(C)C. The number of benzene rings is 1. The Morgan fingerprint density at radius 3 is 2.56 bits per heavy atom. The molecule has 0 heterocycles. The Labute approximate surface area is 103 Å². The van der Waals surface area contributed by atoms with Gasteiger partial charge in [-0.2, -0.15) is 0 Å². The van der Waals surface area contributed by atoms with Gasteiger partial charge in [0.25, 0.3) is 0 Å². The van der Waals surface area contributed by atoms with E-state index in [9.17, 15) is 0 Å². The largest absolute Gasteiger partial charge is 0.496 e. The number of hydrogen-bond donors (Lipinski definition) is 1. The van der Waals surface area contributed by atoms with E-state index in [0.29, 0.717) is 18.4 Å². The summed E-state index contributed by atoms with van der Waals surface area (Å²) in [7, 11) is 1.68. The Morgan fingerprint density at radius 1 is 1.38 bits per heavy atom. The summed E-state index contributed by atoms with van der Waals surface area (Å²) in [5, 5.41) is 0.746. The molecule has 0 radical (unpaired) electrons. The fourth-order valence-corrected chi connectivity index (χ4v) is 1.98. The van der Waals surface area contributed by atoms with Crippen LogP contribution in [0.2, 0.25) is 5.02 Å². The van der Waals surface area contributed by atoms with E-state index in [-0.39, 0.29) is 0 Å². The lowest BCUT2D eigenvalue weighted by Gasteiger charge is -2.20. The highest BCUT2D eigenvalue weighted by molar-refractivity contribution is 6.30. The molecule has 1 aromatic carbocycles. The van der Waals surface area contributed by atoms with Crippen molar-refractivity contribution in [1.82, 2.24) is 0 Å². The summed E-state index contributed by atoms with van der Waals surface area (Å²) in [6.07, 6.45) is 0.915. The summed E-state index contributed by atoms with van der Waals surface area (Å²) < 4.78 is 5.33. The van der Waals surface area contributed by atoms with Gasteiger partial charge in [0.2, 0.25) is 0 Å². The molecule has 1 aromatic rings. The van der Waals surface area contributed by atoms with Gasteiger partial charge in [0, 0.05) is 5.02 Å². The topological polar surface area (TPSA) is 35.2 Å². The summed E-state index contributed by atoms with van der Waals surface area (Å²) in [6.45, 7) is 5.07. The average Bonchev–Trinajstić information content (AvgIpc) is 2.25. The van der Waals surface area contributed by atoms with Crippen LogP contribution in [0.3, 0.4) is 0 Å². The molecule has 0 aromatic heterocycles. The molecule has 0 aliphatic rings. The molecule has 0 saturated heterocycles. The Hall–Kier alpha value is -0.730. The normalized spacial score (nSPS) is 12.9. The molecular formula is C13H20ClNO. The third kappa shape index (κ3) is 3.39. The first-order valence-electron chi connectivity index (χ1n) is 5.61. The van der Waals surface area contributed by atoms with Crippen LogP contribution < -0.4 is 10.5 Å². The van der Waals surface area contributed by atoms with Gasteiger partial charge in [0.05, 0.1) is 7.11 Å². The summed E-state index contributed by atoms with van der Waals surface area (Å²) in [4.78, 5) is 0. The highest BCUT2D eigenvalue weighted by atomic mass is 35.5. The van der Waals surface area contributed by atoms with Gasteiger partial charge < -0.3 is 10.5 Å². The van der Waals surface area contributed by atoms with Crippen molar-refractivity contribution in [1.29, 1.82) is 0 Å². The highest BCUT2D eigenvalue weighted by Gasteiger charge is 2.15.